The van der Waals surface area contributed by atoms with Crippen molar-refractivity contribution in [2.24, 2.45) is 10.9 Å². The van der Waals surface area contributed by atoms with E-state index >= 15 is 0 Å². The van der Waals surface area contributed by atoms with Gasteiger partial charge in [0.25, 0.3) is 5.91 Å². The maximum Gasteiger partial charge on any atom is 0.420 e. The van der Waals surface area contributed by atoms with E-state index in [1.807, 2.05) is 4.90 Å². The fourth-order valence-electron chi connectivity index (χ4n) is 5.22. The minimum atomic E-state index is -4.86. The lowest BCUT2D eigenvalue weighted by Gasteiger charge is -2.25. The number of hydrogen-bond donors (Lipinski definition) is 3. The monoisotopic (exact) mass is 640 g/mol. The number of carbonyl (C=O) groups excluding carboxylic acids is 1. The minimum Gasteiger partial charge on any atom is -0.493 e. The summed E-state index contributed by atoms with van der Waals surface area (Å²) in [5, 5.41) is 14.9. The summed E-state index contributed by atoms with van der Waals surface area (Å²) in [4.78, 5) is 37.6. The number of carboxylic acid groups (broad SMARTS) is 1. The van der Waals surface area contributed by atoms with Gasteiger partial charge >= 0.3 is 12.1 Å². The van der Waals surface area contributed by atoms with Crippen molar-refractivity contribution in [1.29, 1.82) is 0 Å². The number of aliphatic carboxylic acids is 1. The number of thiazole rings is 1. The molecule has 2 aromatic rings. The molecule has 1 aromatic carbocycles. The van der Waals surface area contributed by atoms with Crippen LogP contribution in [-0.2, 0) is 22.3 Å². The van der Waals surface area contributed by atoms with Gasteiger partial charge < -0.3 is 20.1 Å². The van der Waals surface area contributed by atoms with Gasteiger partial charge in [-0.2, -0.15) is 13.2 Å². The number of ether oxygens (including phenoxy) is 1. The quantitative estimate of drug-likeness (QED) is 0.288. The molecular weight excluding hydrogens is 604 g/mol. The summed E-state index contributed by atoms with van der Waals surface area (Å²) in [6.07, 6.45) is -0.190. The number of alkyl halides is 3. The Morgan fingerprint density at radius 1 is 1.34 bits per heavy atom. The van der Waals surface area contributed by atoms with Crippen LogP contribution in [0, 0.1) is 11.7 Å². The lowest BCUT2D eigenvalue weighted by molar-refractivity contribution is -0.141. The van der Waals surface area contributed by atoms with Gasteiger partial charge in [-0.05, 0) is 44.4 Å². The smallest absolute Gasteiger partial charge is 0.420 e. The Balaban J connectivity index is 1.59. The summed E-state index contributed by atoms with van der Waals surface area (Å²) < 4.78 is 61.1. The first-order chi connectivity index (χ1) is 20.8. The lowest BCUT2D eigenvalue weighted by Crippen LogP contribution is -2.40. The molecule has 1 saturated heterocycles. The van der Waals surface area contributed by atoms with Gasteiger partial charge in [0.2, 0.25) is 0 Å². The highest BCUT2D eigenvalue weighted by atomic mass is 32.1. The fourth-order valence-corrected chi connectivity index (χ4v) is 6.22. The highest BCUT2D eigenvalue weighted by Gasteiger charge is 2.37. The molecule has 4 rings (SSSR count). The van der Waals surface area contributed by atoms with E-state index in [1.54, 1.807) is 14.0 Å². The molecule has 3 heterocycles. The van der Waals surface area contributed by atoms with E-state index in [9.17, 15) is 27.2 Å². The number of methoxy groups -OCH3 is 1. The molecule has 15 heteroatoms. The van der Waals surface area contributed by atoms with Crippen molar-refractivity contribution >= 4 is 34.2 Å². The Labute approximate surface area is 256 Å². The number of anilines is 1. The van der Waals surface area contributed by atoms with Gasteiger partial charge in [-0.15, -0.1) is 0 Å². The molecular formula is C29H36F4N6O4S. The van der Waals surface area contributed by atoms with Gasteiger partial charge in [-0.3, -0.25) is 19.8 Å². The normalized spacial score (nSPS) is 17.9. The topological polar surface area (TPSA) is 119 Å². The minimum absolute atomic E-state index is 0.0703. The van der Waals surface area contributed by atoms with E-state index in [0.29, 0.717) is 36.3 Å². The van der Waals surface area contributed by atoms with Crippen LogP contribution in [0.2, 0.25) is 0 Å². The van der Waals surface area contributed by atoms with E-state index in [4.69, 9.17) is 9.84 Å². The summed E-state index contributed by atoms with van der Waals surface area (Å²) in [5.74, 6) is -3.37. The molecule has 1 fully saturated rings. The second kappa shape index (κ2) is 13.9. The molecule has 2 aliphatic rings. The molecule has 44 heavy (non-hydrogen) atoms. The van der Waals surface area contributed by atoms with Crippen LogP contribution in [0.5, 0.6) is 5.75 Å². The van der Waals surface area contributed by atoms with Gasteiger partial charge in [0, 0.05) is 36.6 Å². The van der Waals surface area contributed by atoms with E-state index in [1.165, 1.54) is 6.20 Å². The van der Waals surface area contributed by atoms with Crippen molar-refractivity contribution in [3.63, 3.8) is 0 Å². The summed E-state index contributed by atoms with van der Waals surface area (Å²) in [5.41, 5.74) is -1.01. The van der Waals surface area contributed by atoms with Crippen molar-refractivity contribution < 1.29 is 37.0 Å². The molecule has 0 aliphatic carbocycles. The zero-order chi connectivity index (χ0) is 32.2. The summed E-state index contributed by atoms with van der Waals surface area (Å²) in [6.45, 7) is 5.59. The molecule has 3 N–H and O–H groups in total. The zero-order valence-corrected chi connectivity index (χ0v) is 25.7. The number of carboxylic acids is 1. The standard InChI is InChI=1S/C29H36F4N6O4S/c1-5-18-7-6-9-39(18)15-22-24(17-11-19(29(31,32)33)25(43-4)20(30)12-17)36-28(44-22)37-26(40)21-13-35-23(14-34-21)38(3)10-8-16(2)27(41)42/h11-13,16,18,34H,5-10,14-15H2,1-4H3,(H,41,42)(H,36,37,40). The predicted octanol–water partition coefficient (Wildman–Crippen LogP) is 5.18. The Morgan fingerprint density at radius 2 is 2.09 bits per heavy atom. The Kier molecular flexibility index (Phi) is 10.5. The van der Waals surface area contributed by atoms with E-state index < -0.39 is 41.1 Å². The molecule has 240 valence electrons. The maximum absolute atomic E-state index is 14.9. The van der Waals surface area contributed by atoms with Gasteiger partial charge in [0.15, 0.2) is 16.7 Å². The number of nitrogens with one attached hydrogen (secondary N) is 2. The van der Waals surface area contributed by atoms with Crippen molar-refractivity contribution in [2.75, 3.05) is 39.1 Å². The van der Waals surface area contributed by atoms with Crippen LogP contribution in [0.4, 0.5) is 22.7 Å². The first-order valence-electron chi connectivity index (χ1n) is 14.3. The van der Waals surface area contributed by atoms with Crippen LogP contribution in [0.3, 0.4) is 0 Å². The first kappa shape index (κ1) is 33.2. The number of amidine groups is 1. The maximum atomic E-state index is 14.9. The van der Waals surface area contributed by atoms with E-state index in [0.717, 1.165) is 56.4 Å². The third-order valence-corrected chi connectivity index (χ3v) is 8.80. The van der Waals surface area contributed by atoms with Gasteiger partial charge in [0.1, 0.15) is 17.1 Å². The van der Waals surface area contributed by atoms with Gasteiger partial charge in [-0.1, -0.05) is 25.2 Å². The zero-order valence-electron chi connectivity index (χ0n) is 24.9. The number of carbonyl (C=O) groups is 2. The molecule has 0 radical (unpaired) electrons. The third kappa shape index (κ3) is 7.67. The number of aromatic nitrogens is 1. The largest absolute Gasteiger partial charge is 0.493 e. The number of nitrogens with zero attached hydrogens (tertiary/aromatic N) is 4. The van der Waals surface area contributed by atoms with E-state index in [2.05, 4.69) is 32.4 Å². The Hall–Kier alpha value is -3.72. The number of rotatable bonds is 11. The van der Waals surface area contributed by atoms with Crippen LogP contribution < -0.4 is 15.4 Å². The summed E-state index contributed by atoms with van der Waals surface area (Å²) in [7, 11) is 2.76. The fraction of sp³-hybridized carbons (Fsp3) is 0.517. The average Bonchev–Trinajstić information content (AvgIpc) is 3.61. The molecule has 2 unspecified atom stereocenters. The molecule has 0 spiro atoms. The summed E-state index contributed by atoms with van der Waals surface area (Å²) >= 11 is 1.13. The average molecular weight is 641 g/mol. The Bertz CT molecular complexity index is 1440. The highest BCUT2D eigenvalue weighted by Crippen LogP contribution is 2.42. The molecule has 0 saturated carbocycles. The van der Waals surface area contributed by atoms with Crippen LogP contribution in [0.25, 0.3) is 11.3 Å². The number of amides is 1. The molecule has 1 amide bonds. The number of likely N-dealkylation sites (N-methyl/N-ethyl adjacent to an activating group) is 1. The molecule has 2 atom stereocenters. The predicted molar refractivity (Wildman–Crippen MR) is 159 cm³/mol. The summed E-state index contributed by atoms with van der Waals surface area (Å²) in [6, 6.07) is 2.09. The van der Waals surface area contributed by atoms with Crippen LogP contribution in [0.1, 0.15) is 50.0 Å². The molecule has 0 bridgehead atoms. The first-order valence-corrected chi connectivity index (χ1v) is 15.1. The van der Waals surface area contributed by atoms with E-state index in [-0.39, 0.29) is 28.6 Å². The number of aliphatic imine (C=N–C) groups is 1. The molecule has 2 aliphatic heterocycles. The van der Waals surface area contributed by atoms with Crippen LogP contribution in [-0.4, -0.2) is 77.4 Å². The van der Waals surface area contributed by atoms with Crippen LogP contribution >= 0.6 is 11.3 Å². The molecule has 1 aromatic heterocycles. The number of hydrogen-bond acceptors (Lipinski definition) is 9. The second-order valence-electron chi connectivity index (χ2n) is 10.8. The molecule has 10 nitrogen and oxygen atoms in total. The van der Waals surface area contributed by atoms with Gasteiger partial charge in [0.05, 0.1) is 31.5 Å². The van der Waals surface area contributed by atoms with Gasteiger partial charge in [-0.25, -0.2) is 14.4 Å². The second-order valence-corrected chi connectivity index (χ2v) is 11.9. The van der Waals surface area contributed by atoms with Crippen molar-refractivity contribution in [3.8, 4) is 17.0 Å². The van der Waals surface area contributed by atoms with Crippen molar-refractivity contribution in [3.05, 3.63) is 40.3 Å². The number of likely N-dealkylation sites (tertiary alicyclic amines) is 1. The van der Waals surface area contributed by atoms with Crippen molar-refractivity contribution in [1.82, 2.24) is 20.1 Å². The van der Waals surface area contributed by atoms with Crippen molar-refractivity contribution in [2.45, 2.75) is 58.3 Å². The lowest BCUT2D eigenvalue weighted by atomic mass is 10.0. The third-order valence-electron chi connectivity index (χ3n) is 7.85. The Morgan fingerprint density at radius 3 is 2.70 bits per heavy atom. The highest BCUT2D eigenvalue weighted by molar-refractivity contribution is 7.16. The number of halogens is 4. The van der Waals surface area contributed by atoms with Crippen LogP contribution in [0.15, 0.2) is 29.0 Å². The number of benzene rings is 1. The SMILES string of the molecule is CCC1CCCN1Cc1sc(NC(=O)C2=CN=C(N(C)CCC(C)C(=O)O)CN2)nc1-c1cc(F)c(OC)c(C(F)(F)F)c1.